The minimum absolute atomic E-state index is 0.0455. The second-order valence-corrected chi connectivity index (χ2v) is 3.96. The summed E-state index contributed by atoms with van der Waals surface area (Å²) in [5, 5.41) is 15.4. The zero-order valence-electron chi connectivity index (χ0n) is 10.7. The number of amides is 2. The number of rotatable bonds is 5. The predicted molar refractivity (Wildman–Crippen MR) is 67.2 cm³/mol. The van der Waals surface area contributed by atoms with Crippen LogP contribution in [0.2, 0.25) is 0 Å². The lowest BCUT2D eigenvalue weighted by Gasteiger charge is -2.08. The SMILES string of the molecule is CNc1ccc(C(=O)NCC(=O)NC(C)C)nn1. The summed E-state index contributed by atoms with van der Waals surface area (Å²) in [6.07, 6.45) is 0. The maximum atomic E-state index is 11.6. The molecule has 0 aliphatic heterocycles. The molecule has 0 radical (unpaired) electrons. The van der Waals surface area contributed by atoms with Crippen LogP contribution in [0, 0.1) is 0 Å². The molecule has 98 valence electrons. The van der Waals surface area contributed by atoms with Gasteiger partial charge in [0.05, 0.1) is 6.54 Å². The zero-order valence-corrected chi connectivity index (χ0v) is 10.7. The fraction of sp³-hybridized carbons (Fsp3) is 0.455. The van der Waals surface area contributed by atoms with Gasteiger partial charge in [-0.3, -0.25) is 9.59 Å². The van der Waals surface area contributed by atoms with Crippen LogP contribution < -0.4 is 16.0 Å². The topological polar surface area (TPSA) is 96.0 Å². The van der Waals surface area contributed by atoms with Crippen molar-refractivity contribution in [1.82, 2.24) is 20.8 Å². The number of carbonyl (C=O) groups excluding carboxylic acids is 2. The average Bonchev–Trinajstić information content (AvgIpc) is 2.35. The van der Waals surface area contributed by atoms with Crippen LogP contribution in [-0.2, 0) is 4.79 Å². The van der Waals surface area contributed by atoms with E-state index in [2.05, 4.69) is 26.1 Å². The summed E-state index contributed by atoms with van der Waals surface area (Å²) in [4.78, 5) is 22.9. The van der Waals surface area contributed by atoms with Crippen molar-refractivity contribution in [2.45, 2.75) is 19.9 Å². The highest BCUT2D eigenvalue weighted by Crippen LogP contribution is 2.00. The molecule has 1 rings (SSSR count). The van der Waals surface area contributed by atoms with Crippen molar-refractivity contribution in [3.05, 3.63) is 17.8 Å². The minimum Gasteiger partial charge on any atom is -0.372 e. The first-order chi connectivity index (χ1) is 8.52. The van der Waals surface area contributed by atoms with Crippen molar-refractivity contribution in [2.75, 3.05) is 18.9 Å². The molecule has 1 aromatic rings. The summed E-state index contributed by atoms with van der Waals surface area (Å²) in [6.45, 7) is 3.62. The van der Waals surface area contributed by atoms with Crippen LogP contribution >= 0.6 is 0 Å². The Kier molecular flexibility index (Phi) is 5.04. The lowest BCUT2D eigenvalue weighted by atomic mass is 10.3. The Morgan fingerprint density at radius 1 is 1.28 bits per heavy atom. The number of carbonyl (C=O) groups is 2. The highest BCUT2D eigenvalue weighted by Gasteiger charge is 2.10. The van der Waals surface area contributed by atoms with E-state index in [1.165, 1.54) is 6.07 Å². The smallest absolute Gasteiger partial charge is 0.272 e. The molecule has 0 bridgehead atoms. The molecule has 0 aliphatic carbocycles. The third-order valence-corrected chi connectivity index (χ3v) is 2.01. The quantitative estimate of drug-likeness (QED) is 0.672. The molecule has 0 fully saturated rings. The van der Waals surface area contributed by atoms with Crippen LogP contribution in [0.1, 0.15) is 24.3 Å². The molecule has 7 nitrogen and oxygen atoms in total. The number of nitrogens with one attached hydrogen (secondary N) is 3. The third-order valence-electron chi connectivity index (χ3n) is 2.01. The van der Waals surface area contributed by atoms with Gasteiger partial charge in [0.15, 0.2) is 5.69 Å². The first-order valence-electron chi connectivity index (χ1n) is 5.62. The zero-order chi connectivity index (χ0) is 13.5. The van der Waals surface area contributed by atoms with E-state index in [1.807, 2.05) is 13.8 Å². The molecule has 7 heteroatoms. The van der Waals surface area contributed by atoms with Crippen LogP contribution in [-0.4, -0.2) is 41.6 Å². The Morgan fingerprint density at radius 3 is 2.50 bits per heavy atom. The minimum atomic E-state index is -0.427. The fourth-order valence-corrected chi connectivity index (χ4v) is 1.21. The molecule has 0 atom stereocenters. The number of nitrogens with zero attached hydrogens (tertiary/aromatic N) is 2. The molecule has 18 heavy (non-hydrogen) atoms. The Labute approximate surface area is 105 Å². The normalized spacial score (nSPS) is 10.0. The number of aromatic nitrogens is 2. The van der Waals surface area contributed by atoms with Gasteiger partial charge in [0, 0.05) is 13.1 Å². The predicted octanol–water partition coefficient (Wildman–Crippen LogP) is -0.227. The van der Waals surface area contributed by atoms with Gasteiger partial charge >= 0.3 is 0 Å². The standard InChI is InChI=1S/C11H17N5O2/c1-7(2)14-10(17)6-13-11(18)8-4-5-9(12-3)16-15-8/h4-5,7H,6H2,1-3H3,(H,12,16)(H,13,18)(H,14,17). The van der Waals surface area contributed by atoms with Crippen LogP contribution in [0.25, 0.3) is 0 Å². The van der Waals surface area contributed by atoms with Crippen LogP contribution in [0.3, 0.4) is 0 Å². The van der Waals surface area contributed by atoms with Gasteiger partial charge in [-0.25, -0.2) is 0 Å². The Bertz CT molecular complexity index is 416. The molecule has 0 spiro atoms. The van der Waals surface area contributed by atoms with E-state index in [4.69, 9.17) is 0 Å². The van der Waals surface area contributed by atoms with Gasteiger partial charge in [0.2, 0.25) is 5.91 Å². The highest BCUT2D eigenvalue weighted by molar-refractivity contribution is 5.94. The van der Waals surface area contributed by atoms with Gasteiger partial charge in [0.25, 0.3) is 5.91 Å². The van der Waals surface area contributed by atoms with Crippen molar-refractivity contribution in [1.29, 1.82) is 0 Å². The second kappa shape index (κ2) is 6.53. The van der Waals surface area contributed by atoms with E-state index in [0.717, 1.165) is 0 Å². The van der Waals surface area contributed by atoms with Gasteiger partial charge in [-0.1, -0.05) is 0 Å². The lowest BCUT2D eigenvalue weighted by molar-refractivity contribution is -0.120. The van der Waals surface area contributed by atoms with Crippen LogP contribution in [0.15, 0.2) is 12.1 Å². The molecule has 1 aromatic heterocycles. The fourth-order valence-electron chi connectivity index (χ4n) is 1.21. The summed E-state index contributed by atoms with van der Waals surface area (Å²) < 4.78 is 0. The number of hydrogen-bond donors (Lipinski definition) is 3. The van der Waals surface area contributed by atoms with Gasteiger partial charge in [-0.05, 0) is 26.0 Å². The maximum absolute atomic E-state index is 11.6. The van der Waals surface area contributed by atoms with E-state index in [-0.39, 0.29) is 24.2 Å². The van der Waals surface area contributed by atoms with E-state index in [0.29, 0.717) is 5.82 Å². The molecule has 1 heterocycles. The summed E-state index contributed by atoms with van der Waals surface area (Å²) in [5.74, 6) is -0.0914. The number of hydrogen-bond acceptors (Lipinski definition) is 5. The molecule has 0 aromatic carbocycles. The maximum Gasteiger partial charge on any atom is 0.272 e. The van der Waals surface area contributed by atoms with E-state index >= 15 is 0 Å². The van der Waals surface area contributed by atoms with Crippen molar-refractivity contribution in [2.24, 2.45) is 0 Å². The highest BCUT2D eigenvalue weighted by atomic mass is 16.2. The molecule has 3 N–H and O–H groups in total. The van der Waals surface area contributed by atoms with Gasteiger partial charge in [-0.15, -0.1) is 10.2 Å². The van der Waals surface area contributed by atoms with Crippen LogP contribution in [0.5, 0.6) is 0 Å². The van der Waals surface area contributed by atoms with Crippen molar-refractivity contribution < 1.29 is 9.59 Å². The van der Waals surface area contributed by atoms with Crippen molar-refractivity contribution in [3.63, 3.8) is 0 Å². The first-order valence-corrected chi connectivity index (χ1v) is 5.62. The molecular weight excluding hydrogens is 234 g/mol. The third kappa shape index (κ3) is 4.36. The molecule has 0 unspecified atom stereocenters. The Balaban J connectivity index is 2.47. The van der Waals surface area contributed by atoms with E-state index in [1.54, 1.807) is 13.1 Å². The van der Waals surface area contributed by atoms with Crippen LogP contribution in [0.4, 0.5) is 5.82 Å². The van der Waals surface area contributed by atoms with Gasteiger partial charge in [-0.2, -0.15) is 0 Å². The molecule has 0 saturated carbocycles. The second-order valence-electron chi connectivity index (χ2n) is 3.96. The largest absolute Gasteiger partial charge is 0.372 e. The molecule has 2 amide bonds. The Morgan fingerprint density at radius 2 is 2.00 bits per heavy atom. The van der Waals surface area contributed by atoms with E-state index in [9.17, 15) is 9.59 Å². The summed E-state index contributed by atoms with van der Waals surface area (Å²) in [7, 11) is 1.71. The first kappa shape index (κ1) is 13.9. The molecule has 0 saturated heterocycles. The summed E-state index contributed by atoms with van der Waals surface area (Å²) >= 11 is 0. The van der Waals surface area contributed by atoms with Crippen molar-refractivity contribution in [3.8, 4) is 0 Å². The Hall–Kier alpha value is -2.18. The molecule has 0 aliphatic rings. The molecular formula is C11H17N5O2. The monoisotopic (exact) mass is 251 g/mol. The van der Waals surface area contributed by atoms with Gasteiger partial charge < -0.3 is 16.0 Å². The van der Waals surface area contributed by atoms with Gasteiger partial charge in [0.1, 0.15) is 5.82 Å². The summed E-state index contributed by atoms with van der Waals surface area (Å²) in [5.41, 5.74) is 0.173. The van der Waals surface area contributed by atoms with E-state index < -0.39 is 5.91 Å². The average molecular weight is 251 g/mol. The van der Waals surface area contributed by atoms with Crippen molar-refractivity contribution >= 4 is 17.6 Å². The summed E-state index contributed by atoms with van der Waals surface area (Å²) in [6, 6.07) is 3.22. The number of anilines is 1. The lowest BCUT2D eigenvalue weighted by Crippen LogP contribution is -2.40.